The van der Waals surface area contributed by atoms with Crippen LogP contribution in [-0.2, 0) is 55.8 Å². The lowest BCUT2D eigenvalue weighted by atomic mass is 10.1. The monoisotopic (exact) mass is 1290 g/mol. The molecule has 4 N–H and O–H groups in total. The lowest BCUT2D eigenvalue weighted by Crippen LogP contribution is -2.30. The average Bonchev–Trinajstić information content (AvgIpc) is 3.63. The molecule has 0 aliphatic heterocycles. The summed E-state index contributed by atoms with van der Waals surface area (Å²) in [7, 11) is -9.79. The Morgan fingerprint density at radius 3 is 1.03 bits per heavy atom. The number of phosphoric acid groups is 2. The summed E-state index contributed by atoms with van der Waals surface area (Å²) < 4.78 is 60.7. The summed E-state index contributed by atoms with van der Waals surface area (Å²) in [5, 5.41) is 20.5. The third kappa shape index (κ3) is 65.3. The minimum absolute atomic E-state index is 0.0789. The molecular weight excluding hydrogens is 1170 g/mol. The maximum atomic E-state index is 12.8. The molecule has 0 bridgehead atoms. The smallest absolute Gasteiger partial charge is 0.463 e. The molecule has 0 saturated carbocycles. The van der Waals surface area contributed by atoms with E-state index in [1.165, 1.54) is 64.2 Å². The fourth-order valence-electron chi connectivity index (χ4n) is 8.45. The van der Waals surface area contributed by atoms with Gasteiger partial charge in [0.05, 0.1) is 26.4 Å². The number of aliphatic hydroxyl groups is 2. The van der Waals surface area contributed by atoms with Gasteiger partial charge in [0.2, 0.25) is 0 Å². The van der Waals surface area contributed by atoms with E-state index in [1.807, 2.05) is 12.2 Å². The zero-order valence-electron chi connectivity index (χ0n) is 55.1. The summed E-state index contributed by atoms with van der Waals surface area (Å²) in [6, 6.07) is 0. The SMILES string of the molecule is CC/C=C\C/C=C\C/C=C\C/C=C\C/C=C\CCCC(=O)OCC(COP(=O)(O)OCC(O)COP(=O)(O)OCC(O)COC(=O)CCCCCCCCCCC/C=C\C/C=C\C/C=C\C/C=C\CCCCC)OC(=O)CCCCCCC/C=C\CCCC. The summed E-state index contributed by atoms with van der Waals surface area (Å²) in [6.07, 6.45) is 72.8. The molecule has 18 heteroatoms. The van der Waals surface area contributed by atoms with Crippen molar-refractivity contribution < 1.29 is 75.8 Å². The van der Waals surface area contributed by atoms with E-state index in [0.29, 0.717) is 25.7 Å². The number of ether oxygens (including phenoxy) is 3. The second kappa shape index (κ2) is 64.1. The van der Waals surface area contributed by atoms with Crippen molar-refractivity contribution in [3.63, 3.8) is 0 Å². The first-order valence-corrected chi connectivity index (χ1v) is 36.8. The first-order chi connectivity index (χ1) is 43.2. The molecule has 0 saturated heterocycles. The van der Waals surface area contributed by atoms with E-state index in [1.54, 1.807) is 0 Å². The number of hydrogen-bond acceptors (Lipinski definition) is 14. The van der Waals surface area contributed by atoms with Crippen molar-refractivity contribution in [2.75, 3.05) is 39.6 Å². The molecule has 0 fully saturated rings. The Morgan fingerprint density at radius 2 is 0.618 bits per heavy atom. The molecule has 0 amide bonds. The van der Waals surface area contributed by atoms with Crippen LogP contribution in [0.25, 0.3) is 0 Å². The van der Waals surface area contributed by atoms with Crippen LogP contribution in [0.5, 0.6) is 0 Å². The maximum absolute atomic E-state index is 12.8. The van der Waals surface area contributed by atoms with Crippen molar-refractivity contribution >= 4 is 33.6 Å². The zero-order valence-corrected chi connectivity index (χ0v) is 56.8. The Bertz CT molecular complexity index is 2110. The number of hydrogen-bond donors (Lipinski definition) is 4. The standard InChI is InChI=1S/C71H120O16P2/c1-4-7-10-13-16-19-22-24-26-28-29-30-31-32-33-34-35-37-39-40-43-45-48-51-54-57-69(74)81-60-66(72)61-83-88(77,78)84-62-67(73)63-85-89(79,80)86-65-68(87-71(76)59-56-53-50-47-42-21-18-15-12-9-6-3)64-82-70(75)58-55-52-49-46-44-41-38-36-27-25-23-20-17-14-11-8-5-2/h8,11,15-20,24-27,29-30,32-33,38,41,46,49,66-68,72-73H,4-7,9-10,12-14,21-23,28,31,34-37,39-40,42-45,47-48,50-65H2,1-3H3,(H,77,78)(H,79,80)/b11-8-,18-15-,19-16-,20-17-,26-24-,27-25-,30-29-,33-32-,41-38-,49-46-. The number of unbranched alkanes of at least 4 members (excludes halogenated alkanes) is 20. The molecule has 16 nitrogen and oxygen atoms in total. The lowest BCUT2D eigenvalue weighted by Gasteiger charge is -2.21. The molecular formula is C71H120O16P2. The van der Waals surface area contributed by atoms with Gasteiger partial charge in [-0.3, -0.25) is 32.5 Å². The van der Waals surface area contributed by atoms with Gasteiger partial charge in [0, 0.05) is 19.3 Å². The molecule has 5 unspecified atom stereocenters. The van der Waals surface area contributed by atoms with Crippen LogP contribution in [0.3, 0.4) is 0 Å². The van der Waals surface area contributed by atoms with E-state index in [0.717, 1.165) is 122 Å². The van der Waals surface area contributed by atoms with Gasteiger partial charge in [-0.25, -0.2) is 9.13 Å². The van der Waals surface area contributed by atoms with Gasteiger partial charge < -0.3 is 34.2 Å². The minimum Gasteiger partial charge on any atom is -0.463 e. The number of carbonyl (C=O) groups is 3. The molecule has 0 radical (unpaired) electrons. The van der Waals surface area contributed by atoms with Gasteiger partial charge in [-0.05, 0) is 122 Å². The lowest BCUT2D eigenvalue weighted by molar-refractivity contribution is -0.161. The fourth-order valence-corrected chi connectivity index (χ4v) is 10.0. The van der Waals surface area contributed by atoms with Gasteiger partial charge in [-0.2, -0.15) is 0 Å². The van der Waals surface area contributed by atoms with Gasteiger partial charge in [-0.1, -0.05) is 232 Å². The molecule has 0 aromatic rings. The van der Waals surface area contributed by atoms with Crippen molar-refractivity contribution in [3.8, 4) is 0 Å². The molecule has 0 spiro atoms. The molecule has 89 heavy (non-hydrogen) atoms. The molecule has 0 aliphatic carbocycles. The summed E-state index contributed by atoms with van der Waals surface area (Å²) >= 11 is 0. The first-order valence-electron chi connectivity index (χ1n) is 33.8. The van der Waals surface area contributed by atoms with E-state index in [-0.39, 0.29) is 19.3 Å². The Morgan fingerprint density at radius 1 is 0.326 bits per heavy atom. The van der Waals surface area contributed by atoms with Gasteiger partial charge in [0.15, 0.2) is 6.10 Å². The predicted octanol–water partition coefficient (Wildman–Crippen LogP) is 18.6. The van der Waals surface area contributed by atoms with Gasteiger partial charge >= 0.3 is 33.6 Å². The first kappa shape index (κ1) is 85.0. The van der Waals surface area contributed by atoms with E-state index < -0.39 is 91.5 Å². The Balaban J connectivity index is 4.56. The van der Waals surface area contributed by atoms with Crippen LogP contribution in [0, 0.1) is 0 Å². The summed E-state index contributed by atoms with van der Waals surface area (Å²) in [4.78, 5) is 58.2. The van der Waals surface area contributed by atoms with Crippen LogP contribution >= 0.6 is 15.6 Å². The van der Waals surface area contributed by atoms with Gasteiger partial charge in [0.25, 0.3) is 0 Å². The Hall–Kier alpha value is -4.05. The topological polar surface area (TPSA) is 231 Å². The predicted molar refractivity (Wildman–Crippen MR) is 362 cm³/mol. The quantitative estimate of drug-likeness (QED) is 0.0146. The Kier molecular flexibility index (Phi) is 61.2. The number of phosphoric ester groups is 2. The van der Waals surface area contributed by atoms with Crippen LogP contribution in [0.4, 0.5) is 0 Å². The number of allylic oxidation sites excluding steroid dienone is 20. The largest absolute Gasteiger partial charge is 0.472 e. The van der Waals surface area contributed by atoms with Crippen LogP contribution < -0.4 is 0 Å². The highest BCUT2D eigenvalue weighted by Gasteiger charge is 2.29. The van der Waals surface area contributed by atoms with Gasteiger partial charge in [-0.15, -0.1) is 0 Å². The fraction of sp³-hybridized carbons (Fsp3) is 0.676. The molecule has 0 heterocycles. The van der Waals surface area contributed by atoms with Crippen molar-refractivity contribution in [2.24, 2.45) is 0 Å². The average molecular weight is 1290 g/mol. The maximum Gasteiger partial charge on any atom is 0.472 e. The zero-order chi connectivity index (χ0) is 65.3. The van der Waals surface area contributed by atoms with E-state index >= 15 is 0 Å². The number of carbonyl (C=O) groups excluding carboxylic acids is 3. The third-order valence-electron chi connectivity index (χ3n) is 13.6. The molecule has 5 atom stereocenters. The number of aliphatic hydroxyl groups excluding tert-OH is 2. The number of esters is 3. The van der Waals surface area contributed by atoms with Gasteiger partial charge in [0.1, 0.15) is 25.4 Å². The summed E-state index contributed by atoms with van der Waals surface area (Å²) in [5.41, 5.74) is 0. The molecule has 0 aliphatic rings. The van der Waals surface area contributed by atoms with Crippen LogP contribution in [0.15, 0.2) is 122 Å². The second-order valence-corrected chi connectivity index (χ2v) is 25.1. The van der Waals surface area contributed by atoms with Crippen LogP contribution in [-0.4, -0.2) is 95.9 Å². The van der Waals surface area contributed by atoms with Crippen molar-refractivity contribution in [2.45, 2.75) is 270 Å². The highest BCUT2D eigenvalue weighted by Crippen LogP contribution is 2.45. The minimum atomic E-state index is -4.94. The summed E-state index contributed by atoms with van der Waals surface area (Å²) in [5.74, 6) is -1.67. The van der Waals surface area contributed by atoms with Crippen LogP contribution in [0.2, 0.25) is 0 Å². The highest BCUT2D eigenvalue weighted by molar-refractivity contribution is 7.47. The van der Waals surface area contributed by atoms with E-state index in [2.05, 4.69) is 130 Å². The Labute approximate surface area is 538 Å². The number of rotatable bonds is 63. The third-order valence-corrected chi connectivity index (χ3v) is 15.5. The molecule has 510 valence electrons. The van der Waals surface area contributed by atoms with E-state index in [4.69, 9.17) is 32.3 Å². The van der Waals surface area contributed by atoms with E-state index in [9.17, 15) is 43.5 Å². The second-order valence-electron chi connectivity index (χ2n) is 22.2. The normalized spacial score (nSPS) is 15.0. The molecule has 0 rings (SSSR count). The molecule has 0 aromatic heterocycles. The van der Waals surface area contributed by atoms with Crippen LogP contribution in [0.1, 0.15) is 252 Å². The van der Waals surface area contributed by atoms with Crippen molar-refractivity contribution in [3.05, 3.63) is 122 Å². The van der Waals surface area contributed by atoms with Crippen molar-refractivity contribution in [1.82, 2.24) is 0 Å². The highest BCUT2D eigenvalue weighted by atomic mass is 31.2. The summed E-state index contributed by atoms with van der Waals surface area (Å²) in [6.45, 7) is 2.38. The van der Waals surface area contributed by atoms with Crippen molar-refractivity contribution in [1.29, 1.82) is 0 Å². The molecule has 0 aromatic carbocycles.